The van der Waals surface area contributed by atoms with Gasteiger partial charge in [0.2, 0.25) is 0 Å². The molecule has 0 aliphatic rings. The Balaban J connectivity index is 2.55. The SMILES string of the molecule is CCOC(=O)CC(O)CNc1cc(Br)ccc1C#N. The molecule has 1 atom stereocenters. The number of nitrogens with zero attached hydrogens (tertiary/aromatic N) is 1. The average Bonchev–Trinajstić information content (AvgIpc) is 2.36. The molecule has 6 heteroatoms. The quantitative estimate of drug-likeness (QED) is 0.782. The Labute approximate surface area is 120 Å². The van der Waals surface area contributed by atoms with Crippen molar-refractivity contribution < 1.29 is 14.6 Å². The lowest BCUT2D eigenvalue weighted by atomic mass is 10.2. The fraction of sp³-hybridized carbons (Fsp3) is 0.385. The smallest absolute Gasteiger partial charge is 0.308 e. The minimum absolute atomic E-state index is 0.0727. The zero-order valence-electron chi connectivity index (χ0n) is 10.5. The lowest BCUT2D eigenvalue weighted by Crippen LogP contribution is -2.24. The van der Waals surface area contributed by atoms with E-state index in [0.717, 1.165) is 4.47 Å². The van der Waals surface area contributed by atoms with Crippen LogP contribution in [0.2, 0.25) is 0 Å². The molecule has 0 fully saturated rings. The first-order chi connectivity index (χ1) is 9.06. The van der Waals surface area contributed by atoms with Gasteiger partial charge in [-0.15, -0.1) is 0 Å². The molecule has 0 saturated heterocycles. The van der Waals surface area contributed by atoms with E-state index in [1.165, 1.54) is 0 Å². The van der Waals surface area contributed by atoms with E-state index in [-0.39, 0.29) is 13.0 Å². The monoisotopic (exact) mass is 326 g/mol. The van der Waals surface area contributed by atoms with Crippen molar-refractivity contribution in [3.8, 4) is 6.07 Å². The molecule has 0 saturated carbocycles. The van der Waals surface area contributed by atoms with Crippen molar-refractivity contribution in [1.29, 1.82) is 5.26 Å². The highest BCUT2D eigenvalue weighted by molar-refractivity contribution is 9.10. The van der Waals surface area contributed by atoms with Gasteiger partial charge in [-0.1, -0.05) is 15.9 Å². The minimum Gasteiger partial charge on any atom is -0.466 e. The van der Waals surface area contributed by atoms with E-state index < -0.39 is 12.1 Å². The lowest BCUT2D eigenvalue weighted by molar-refractivity contribution is -0.145. The van der Waals surface area contributed by atoms with Gasteiger partial charge in [0.25, 0.3) is 0 Å². The van der Waals surface area contributed by atoms with Crippen LogP contribution in [0.3, 0.4) is 0 Å². The summed E-state index contributed by atoms with van der Waals surface area (Å²) in [6.07, 6.45) is -0.930. The first-order valence-corrected chi connectivity index (χ1v) is 6.63. The topological polar surface area (TPSA) is 82.3 Å². The van der Waals surface area contributed by atoms with Crippen molar-refractivity contribution in [1.82, 2.24) is 0 Å². The summed E-state index contributed by atoms with van der Waals surface area (Å²) in [4.78, 5) is 11.2. The maximum Gasteiger partial charge on any atom is 0.308 e. The molecule has 0 radical (unpaired) electrons. The number of benzene rings is 1. The maximum absolute atomic E-state index is 11.2. The summed E-state index contributed by atoms with van der Waals surface area (Å²) in [5.41, 5.74) is 1.09. The van der Waals surface area contributed by atoms with Crippen LogP contribution in [0.25, 0.3) is 0 Å². The number of carbonyl (C=O) groups excluding carboxylic acids is 1. The zero-order valence-corrected chi connectivity index (χ0v) is 12.1. The Morgan fingerprint density at radius 2 is 2.37 bits per heavy atom. The van der Waals surface area contributed by atoms with Crippen molar-refractivity contribution >= 4 is 27.6 Å². The van der Waals surface area contributed by atoms with Crippen LogP contribution in [0.1, 0.15) is 18.9 Å². The Kier molecular flexibility index (Phi) is 6.33. The zero-order chi connectivity index (χ0) is 14.3. The molecule has 0 aromatic heterocycles. The molecular formula is C13H15BrN2O3. The molecule has 1 aromatic carbocycles. The minimum atomic E-state index is -0.857. The van der Waals surface area contributed by atoms with Crippen LogP contribution in [-0.4, -0.2) is 30.3 Å². The fourth-order valence-corrected chi connectivity index (χ4v) is 1.83. The number of nitrogens with one attached hydrogen (secondary N) is 1. The Hall–Kier alpha value is -1.58. The highest BCUT2D eigenvalue weighted by Gasteiger charge is 2.12. The second-order valence-electron chi connectivity index (χ2n) is 3.85. The molecule has 0 heterocycles. The number of esters is 1. The Bertz CT molecular complexity index is 485. The summed E-state index contributed by atoms with van der Waals surface area (Å²) >= 11 is 3.31. The number of hydrogen-bond acceptors (Lipinski definition) is 5. The third kappa shape index (κ3) is 5.28. The van der Waals surface area contributed by atoms with Crippen molar-refractivity contribution in [3.63, 3.8) is 0 Å². The third-order valence-electron chi connectivity index (χ3n) is 2.34. The van der Waals surface area contributed by atoms with E-state index in [0.29, 0.717) is 17.9 Å². The number of nitriles is 1. The number of halogens is 1. The molecule has 1 aromatic rings. The standard InChI is InChI=1S/C13H15BrN2O3/c1-2-19-13(18)6-11(17)8-16-12-5-10(14)4-3-9(12)7-15/h3-5,11,16-17H,2,6,8H2,1H3. The van der Waals surface area contributed by atoms with Gasteiger partial charge in [0.15, 0.2) is 0 Å². The van der Waals surface area contributed by atoms with Crippen LogP contribution in [0.15, 0.2) is 22.7 Å². The first kappa shape index (κ1) is 15.5. The average molecular weight is 327 g/mol. The van der Waals surface area contributed by atoms with E-state index >= 15 is 0 Å². The number of ether oxygens (including phenoxy) is 1. The highest BCUT2D eigenvalue weighted by atomic mass is 79.9. The van der Waals surface area contributed by atoms with Gasteiger partial charge < -0.3 is 15.2 Å². The van der Waals surface area contributed by atoms with E-state index in [9.17, 15) is 9.90 Å². The number of rotatable bonds is 6. The third-order valence-corrected chi connectivity index (χ3v) is 2.83. The first-order valence-electron chi connectivity index (χ1n) is 5.84. The van der Waals surface area contributed by atoms with Crippen LogP contribution >= 0.6 is 15.9 Å². The maximum atomic E-state index is 11.2. The molecule has 19 heavy (non-hydrogen) atoms. The van der Waals surface area contributed by atoms with E-state index in [2.05, 4.69) is 27.3 Å². The van der Waals surface area contributed by atoms with E-state index in [1.54, 1.807) is 25.1 Å². The molecule has 1 unspecified atom stereocenters. The van der Waals surface area contributed by atoms with Crippen LogP contribution in [0, 0.1) is 11.3 Å². The van der Waals surface area contributed by atoms with Crippen molar-refractivity contribution in [2.24, 2.45) is 0 Å². The number of hydrogen-bond donors (Lipinski definition) is 2. The van der Waals surface area contributed by atoms with Gasteiger partial charge in [-0.05, 0) is 25.1 Å². The van der Waals surface area contributed by atoms with Gasteiger partial charge in [0.1, 0.15) is 6.07 Å². The number of aliphatic hydroxyl groups excluding tert-OH is 1. The summed E-state index contributed by atoms with van der Waals surface area (Å²) in [5.74, 6) is -0.438. The molecule has 2 N–H and O–H groups in total. The molecule has 102 valence electrons. The molecule has 5 nitrogen and oxygen atoms in total. The van der Waals surface area contributed by atoms with Crippen molar-refractivity contribution in [2.45, 2.75) is 19.4 Å². The van der Waals surface area contributed by atoms with Crippen LogP contribution < -0.4 is 5.32 Å². The number of carbonyl (C=O) groups is 1. The van der Waals surface area contributed by atoms with E-state index in [1.807, 2.05) is 0 Å². The van der Waals surface area contributed by atoms with Gasteiger partial charge in [-0.2, -0.15) is 5.26 Å². The Morgan fingerprint density at radius 3 is 3.00 bits per heavy atom. The van der Waals surface area contributed by atoms with Gasteiger partial charge >= 0.3 is 5.97 Å². The van der Waals surface area contributed by atoms with Crippen molar-refractivity contribution in [2.75, 3.05) is 18.5 Å². The largest absolute Gasteiger partial charge is 0.466 e. The summed E-state index contributed by atoms with van der Waals surface area (Å²) in [7, 11) is 0. The van der Waals surface area contributed by atoms with Crippen LogP contribution in [0.5, 0.6) is 0 Å². The molecule has 1 rings (SSSR count). The number of aliphatic hydroxyl groups is 1. The fourth-order valence-electron chi connectivity index (χ4n) is 1.47. The summed E-state index contributed by atoms with van der Waals surface area (Å²) in [5, 5.41) is 21.6. The molecular weight excluding hydrogens is 312 g/mol. The lowest BCUT2D eigenvalue weighted by Gasteiger charge is -2.13. The second kappa shape index (κ2) is 7.77. The van der Waals surface area contributed by atoms with Gasteiger partial charge in [-0.25, -0.2) is 0 Å². The van der Waals surface area contributed by atoms with Gasteiger partial charge in [0, 0.05) is 11.0 Å². The van der Waals surface area contributed by atoms with Gasteiger partial charge in [-0.3, -0.25) is 4.79 Å². The molecule has 0 aliphatic heterocycles. The van der Waals surface area contributed by atoms with Gasteiger partial charge in [0.05, 0.1) is 30.4 Å². The molecule has 0 bridgehead atoms. The van der Waals surface area contributed by atoms with E-state index in [4.69, 9.17) is 10.00 Å². The number of anilines is 1. The van der Waals surface area contributed by atoms with Crippen LogP contribution in [-0.2, 0) is 9.53 Å². The molecule has 0 amide bonds. The predicted octanol–water partition coefficient (Wildman–Crippen LogP) is 2.05. The summed E-state index contributed by atoms with van der Waals surface area (Å²) < 4.78 is 5.57. The highest BCUT2D eigenvalue weighted by Crippen LogP contribution is 2.20. The predicted molar refractivity (Wildman–Crippen MR) is 74.6 cm³/mol. The van der Waals surface area contributed by atoms with Crippen LogP contribution in [0.4, 0.5) is 5.69 Å². The summed E-state index contributed by atoms with van der Waals surface area (Å²) in [6.45, 7) is 2.18. The second-order valence-corrected chi connectivity index (χ2v) is 4.76. The van der Waals surface area contributed by atoms with Crippen molar-refractivity contribution in [3.05, 3.63) is 28.2 Å². The normalized spacial score (nSPS) is 11.5. The Morgan fingerprint density at radius 1 is 1.63 bits per heavy atom. The summed E-state index contributed by atoms with van der Waals surface area (Å²) in [6, 6.07) is 7.23. The molecule has 0 aliphatic carbocycles. The molecule has 0 spiro atoms.